The van der Waals surface area contributed by atoms with Crippen LogP contribution in [0.5, 0.6) is 0 Å². The summed E-state index contributed by atoms with van der Waals surface area (Å²) in [6.07, 6.45) is -0.342. The molecular formula is C29H36N2O2. The minimum absolute atomic E-state index is 0.0245. The van der Waals surface area contributed by atoms with E-state index >= 15 is 0 Å². The molecular weight excluding hydrogens is 408 g/mol. The van der Waals surface area contributed by atoms with E-state index in [1.165, 1.54) is 11.1 Å². The van der Waals surface area contributed by atoms with Gasteiger partial charge in [-0.15, -0.1) is 0 Å². The molecule has 3 aromatic carbocycles. The molecule has 0 bridgehead atoms. The van der Waals surface area contributed by atoms with Crippen LogP contribution in [0.4, 0.5) is 0 Å². The first-order chi connectivity index (χ1) is 15.9. The van der Waals surface area contributed by atoms with Crippen LogP contribution in [-0.4, -0.2) is 39.9 Å². The Morgan fingerprint density at radius 3 is 1.82 bits per heavy atom. The zero-order valence-corrected chi connectivity index (χ0v) is 20.1. The Labute approximate surface area is 198 Å². The van der Waals surface area contributed by atoms with Crippen molar-refractivity contribution in [3.63, 3.8) is 0 Å². The molecule has 174 valence electrons. The van der Waals surface area contributed by atoms with E-state index in [0.717, 1.165) is 12.1 Å². The molecule has 4 heteroatoms. The van der Waals surface area contributed by atoms with Gasteiger partial charge in [-0.3, -0.25) is 9.69 Å². The van der Waals surface area contributed by atoms with Crippen LogP contribution in [0, 0.1) is 0 Å². The molecule has 1 N–H and O–H groups in total. The van der Waals surface area contributed by atoms with Crippen molar-refractivity contribution in [2.45, 2.75) is 58.0 Å². The zero-order valence-electron chi connectivity index (χ0n) is 20.1. The largest absolute Gasteiger partial charge is 0.386 e. The van der Waals surface area contributed by atoms with Gasteiger partial charge in [-0.25, -0.2) is 0 Å². The molecule has 4 nitrogen and oxygen atoms in total. The third kappa shape index (κ3) is 6.53. The average Bonchev–Trinajstić information content (AvgIpc) is 2.87. The van der Waals surface area contributed by atoms with Gasteiger partial charge >= 0.3 is 0 Å². The van der Waals surface area contributed by atoms with Gasteiger partial charge in [0.2, 0.25) is 5.91 Å². The van der Waals surface area contributed by atoms with Gasteiger partial charge in [0.05, 0.1) is 12.1 Å². The van der Waals surface area contributed by atoms with Crippen molar-refractivity contribution in [1.29, 1.82) is 0 Å². The number of rotatable bonds is 10. The zero-order chi connectivity index (χ0) is 23.8. The highest BCUT2D eigenvalue weighted by Crippen LogP contribution is 2.27. The van der Waals surface area contributed by atoms with E-state index in [1.807, 2.05) is 49.4 Å². The van der Waals surface area contributed by atoms with Crippen LogP contribution in [0.2, 0.25) is 0 Å². The van der Waals surface area contributed by atoms with E-state index in [1.54, 1.807) is 11.9 Å². The maximum absolute atomic E-state index is 13.2. The SMILES string of the molecule is C[C@H](CC(=O)N(C)[C@@H](C)[C@@H](O)c1ccccc1)N(Cc1ccccc1)[C@H](C)c1ccccc1. The molecule has 3 rings (SSSR count). The van der Waals surface area contributed by atoms with Gasteiger partial charge in [0, 0.05) is 32.1 Å². The third-order valence-corrected chi connectivity index (χ3v) is 6.63. The molecule has 0 unspecified atom stereocenters. The van der Waals surface area contributed by atoms with Crippen LogP contribution in [0.3, 0.4) is 0 Å². The molecule has 1 amide bonds. The molecule has 0 aliphatic heterocycles. The van der Waals surface area contributed by atoms with Gasteiger partial charge < -0.3 is 10.0 Å². The number of amides is 1. The highest BCUT2D eigenvalue weighted by atomic mass is 16.3. The number of nitrogens with zero attached hydrogens (tertiary/aromatic N) is 2. The number of aliphatic hydroxyl groups excluding tert-OH is 1. The van der Waals surface area contributed by atoms with E-state index in [9.17, 15) is 9.90 Å². The van der Waals surface area contributed by atoms with Crippen molar-refractivity contribution in [2.75, 3.05) is 7.05 Å². The summed E-state index contributed by atoms with van der Waals surface area (Å²) < 4.78 is 0. The second-order valence-corrected chi connectivity index (χ2v) is 8.90. The molecule has 0 aliphatic rings. The lowest BCUT2D eigenvalue weighted by molar-refractivity contribution is -0.135. The Morgan fingerprint density at radius 1 is 0.788 bits per heavy atom. The number of aliphatic hydroxyl groups is 1. The molecule has 0 saturated carbocycles. The first-order valence-corrected chi connectivity index (χ1v) is 11.7. The van der Waals surface area contributed by atoms with Crippen LogP contribution < -0.4 is 0 Å². The van der Waals surface area contributed by atoms with Crippen molar-refractivity contribution in [2.24, 2.45) is 0 Å². The summed E-state index contributed by atoms with van der Waals surface area (Å²) in [4.78, 5) is 17.3. The molecule has 0 aromatic heterocycles. The predicted molar refractivity (Wildman–Crippen MR) is 135 cm³/mol. The Kier molecular flexibility index (Phi) is 8.81. The lowest BCUT2D eigenvalue weighted by atomic mass is 10.0. The molecule has 0 spiro atoms. The summed E-state index contributed by atoms with van der Waals surface area (Å²) >= 11 is 0. The normalized spacial score (nSPS) is 15.0. The van der Waals surface area contributed by atoms with Gasteiger partial charge in [0.25, 0.3) is 0 Å². The minimum atomic E-state index is -0.723. The highest BCUT2D eigenvalue weighted by Gasteiger charge is 2.28. The van der Waals surface area contributed by atoms with Crippen LogP contribution in [0.1, 0.15) is 56.0 Å². The maximum atomic E-state index is 13.2. The van der Waals surface area contributed by atoms with Gasteiger partial charge in [0.15, 0.2) is 0 Å². The van der Waals surface area contributed by atoms with Crippen LogP contribution in [0.15, 0.2) is 91.0 Å². The summed E-state index contributed by atoms with van der Waals surface area (Å²) in [6, 6.07) is 30.2. The van der Waals surface area contributed by atoms with Crippen molar-refractivity contribution < 1.29 is 9.90 Å². The second-order valence-electron chi connectivity index (χ2n) is 8.90. The van der Waals surface area contributed by atoms with E-state index < -0.39 is 6.10 Å². The number of likely N-dealkylation sites (N-methyl/N-ethyl adjacent to an activating group) is 1. The molecule has 0 fully saturated rings. The second kappa shape index (κ2) is 11.8. The molecule has 33 heavy (non-hydrogen) atoms. The molecule has 3 aromatic rings. The summed E-state index contributed by atoms with van der Waals surface area (Å²) in [6.45, 7) is 6.98. The Balaban J connectivity index is 1.73. The number of hydrogen-bond acceptors (Lipinski definition) is 3. The molecule has 0 heterocycles. The predicted octanol–water partition coefficient (Wildman–Crippen LogP) is 5.61. The summed E-state index contributed by atoms with van der Waals surface area (Å²) in [5.41, 5.74) is 3.27. The number of carbonyl (C=O) groups excluding carboxylic acids is 1. The van der Waals surface area contributed by atoms with Gasteiger partial charge in [0.1, 0.15) is 0 Å². The van der Waals surface area contributed by atoms with Gasteiger partial charge in [-0.05, 0) is 37.5 Å². The first kappa shape index (κ1) is 24.7. The molecule has 4 atom stereocenters. The first-order valence-electron chi connectivity index (χ1n) is 11.7. The Hall–Kier alpha value is -2.95. The minimum Gasteiger partial charge on any atom is -0.386 e. The number of benzene rings is 3. The van der Waals surface area contributed by atoms with Gasteiger partial charge in [-0.1, -0.05) is 91.0 Å². The van der Waals surface area contributed by atoms with Crippen LogP contribution >= 0.6 is 0 Å². The molecule has 0 radical (unpaired) electrons. The van der Waals surface area contributed by atoms with Crippen molar-refractivity contribution in [1.82, 2.24) is 9.80 Å². The fourth-order valence-electron chi connectivity index (χ4n) is 4.27. The van der Waals surface area contributed by atoms with Gasteiger partial charge in [-0.2, -0.15) is 0 Å². The summed E-state index contributed by atoms with van der Waals surface area (Å²) in [5.74, 6) is 0.0308. The molecule has 0 saturated heterocycles. The summed E-state index contributed by atoms with van der Waals surface area (Å²) in [7, 11) is 1.79. The fourth-order valence-corrected chi connectivity index (χ4v) is 4.27. The van der Waals surface area contributed by atoms with Crippen molar-refractivity contribution in [3.05, 3.63) is 108 Å². The standard InChI is InChI=1S/C29H36N2O2/c1-22(20-28(32)30(4)24(3)29(33)27-18-12-7-13-19-27)31(21-25-14-8-5-9-15-25)23(2)26-16-10-6-11-17-26/h5-19,22-24,29,33H,20-21H2,1-4H3/t22-,23-,24+,29-/m1/s1. The Morgan fingerprint density at radius 2 is 1.27 bits per heavy atom. The maximum Gasteiger partial charge on any atom is 0.224 e. The van der Waals surface area contributed by atoms with Crippen LogP contribution in [-0.2, 0) is 11.3 Å². The summed E-state index contributed by atoms with van der Waals surface area (Å²) in [5, 5.41) is 10.8. The number of carbonyl (C=O) groups is 1. The number of hydrogen-bond donors (Lipinski definition) is 1. The monoisotopic (exact) mass is 444 g/mol. The lowest BCUT2D eigenvalue weighted by Gasteiger charge is -2.36. The fraction of sp³-hybridized carbons (Fsp3) is 0.345. The average molecular weight is 445 g/mol. The lowest BCUT2D eigenvalue weighted by Crippen LogP contribution is -2.43. The smallest absolute Gasteiger partial charge is 0.224 e. The van der Waals surface area contributed by atoms with E-state index in [0.29, 0.717) is 6.42 Å². The van der Waals surface area contributed by atoms with E-state index in [-0.39, 0.29) is 24.0 Å². The van der Waals surface area contributed by atoms with E-state index in [2.05, 4.69) is 67.3 Å². The van der Waals surface area contributed by atoms with Crippen molar-refractivity contribution >= 4 is 5.91 Å². The topological polar surface area (TPSA) is 43.8 Å². The third-order valence-electron chi connectivity index (χ3n) is 6.63. The van der Waals surface area contributed by atoms with Crippen molar-refractivity contribution in [3.8, 4) is 0 Å². The van der Waals surface area contributed by atoms with Crippen LogP contribution in [0.25, 0.3) is 0 Å². The quantitative estimate of drug-likeness (QED) is 0.442. The van der Waals surface area contributed by atoms with E-state index in [4.69, 9.17) is 0 Å². The Bertz CT molecular complexity index is 978. The molecule has 0 aliphatic carbocycles. The highest BCUT2D eigenvalue weighted by molar-refractivity contribution is 5.77.